The molecule has 0 saturated heterocycles. The van der Waals surface area contributed by atoms with Gasteiger partial charge in [0.05, 0.1) is 101 Å². The maximum atomic E-state index is 13.2. The molecule has 0 saturated carbocycles. The second-order valence-corrected chi connectivity index (χ2v) is 36.2. The van der Waals surface area contributed by atoms with Gasteiger partial charge in [-0.3, -0.25) is 53.2 Å². The van der Waals surface area contributed by atoms with Crippen molar-refractivity contribution in [3.63, 3.8) is 0 Å². The number of sulfonamides is 4. The molecule has 0 amide bonds. The van der Waals surface area contributed by atoms with E-state index in [0.717, 1.165) is 18.5 Å². The van der Waals surface area contributed by atoms with Crippen molar-refractivity contribution in [2.45, 2.75) is 46.5 Å². The number of nitrogens with one attached hydrogen (secondary N) is 8. The minimum Gasteiger partial charge on any atom is -0.360 e. The molecule has 10 aromatic heterocycles. The highest BCUT2D eigenvalue weighted by Gasteiger charge is 2.36. The number of halogens is 11. The summed E-state index contributed by atoms with van der Waals surface area (Å²) in [6.45, 7) is 5.18. The molecule has 0 aliphatic carbocycles. The topological polar surface area (TPSA) is 432 Å². The third-order valence-corrected chi connectivity index (χ3v) is 25.8. The molecule has 0 unspecified atom stereocenters. The lowest BCUT2D eigenvalue weighted by Crippen LogP contribution is -2.18. The standard InChI is InChI=1S/C20H11Cl2F3N4O3S.2C20H14Cl2N4O3S.C19H13Cl2N5O3S/c21-10-1-3-12(18(30)17-13-5-6-26-19(13)28-9-27-17)16(7-10)29-33(31,32)11-2-4-15(22)14(8-11)20(23,24)25;1-11-6-17(26-30(28,29)12-2-3-15(21)16(22)7-12)19(25-8-11)20(27)14-9-23-10-18-13(14)4-5-24-18;1-11-8-13(6-7-15(11)22)30(28,29)26-17-9-12(21)10-23-19(17)18-14-4-2-3-5-16(14)24-20(27)25-18;1-10-6-15(26-30(28,29)11-2-3-13(20)14(21)7-11)17(23-8-10)18(27)16-12-4-5-22-19(12)25-9-24-16/h1-9,29H,(H,26,27,28);2-10,24,26H,1H3;2-10,26H,1H3,(H,24,25,27);2-9,26H,1H3,(H,22,24,25). The van der Waals surface area contributed by atoms with E-state index < -0.39 is 84.8 Å². The number of carbonyl (C=O) groups is 3. The van der Waals surface area contributed by atoms with Crippen molar-refractivity contribution in [2.24, 2.45) is 0 Å². The number of hydrogen-bond acceptors (Lipinski definition) is 21. The Morgan fingerprint density at radius 2 is 0.862 bits per heavy atom. The van der Waals surface area contributed by atoms with Gasteiger partial charge in [-0.25, -0.2) is 58.4 Å². The third-order valence-electron chi connectivity index (χ3n) is 17.7. The zero-order valence-electron chi connectivity index (χ0n) is 62.4. The molecule has 123 heavy (non-hydrogen) atoms. The van der Waals surface area contributed by atoms with Crippen LogP contribution in [0.2, 0.25) is 40.2 Å². The number of fused-ring (bicyclic) bond motifs is 4. The summed E-state index contributed by atoms with van der Waals surface area (Å²) >= 11 is 47.3. The van der Waals surface area contributed by atoms with Crippen molar-refractivity contribution >= 4 is 217 Å². The lowest BCUT2D eigenvalue weighted by atomic mass is 10.0. The van der Waals surface area contributed by atoms with E-state index in [9.17, 15) is 66.0 Å². The van der Waals surface area contributed by atoms with Crippen LogP contribution < -0.4 is 24.6 Å². The lowest BCUT2D eigenvalue weighted by Gasteiger charge is -2.15. The van der Waals surface area contributed by atoms with Crippen molar-refractivity contribution in [3.05, 3.63) is 321 Å². The maximum Gasteiger partial charge on any atom is 0.417 e. The SMILES string of the molecule is Cc1cc(S(=O)(=O)Nc2cc(Cl)cnc2-c2nc(=O)[nH]c3ccccc23)ccc1Cl.Cc1cnc(C(=O)c2cncc3[nH]ccc23)c(NS(=O)(=O)c2ccc(Cl)c(Cl)c2)c1.Cc1cnc(C(=O)c2ncnc3[nH]ccc23)c(NS(=O)(=O)c2ccc(Cl)c(Cl)c2)c1.O=C(c1ccc(Cl)cc1NS(=O)(=O)c1ccc(Cl)c(C(F)(F)F)c1)c1ncnc2[nH]ccc12. The van der Waals surface area contributed by atoms with Crippen LogP contribution in [-0.4, -0.2) is 116 Å². The van der Waals surface area contributed by atoms with Crippen molar-refractivity contribution in [2.75, 3.05) is 18.9 Å². The molecule has 29 nitrogen and oxygen atoms in total. The Hall–Kier alpha value is -12.0. The van der Waals surface area contributed by atoms with Crippen molar-refractivity contribution in [1.82, 2.24) is 64.8 Å². The summed E-state index contributed by atoms with van der Waals surface area (Å²) in [6.07, 6.45) is 9.78. The van der Waals surface area contributed by atoms with Crippen LogP contribution in [0.4, 0.5) is 35.9 Å². The molecule has 6 aromatic carbocycles. The minimum atomic E-state index is -4.87. The Morgan fingerprint density at radius 3 is 1.42 bits per heavy atom. The number of para-hydroxylation sites is 1. The van der Waals surface area contributed by atoms with Crippen LogP contribution in [0.3, 0.4) is 0 Å². The molecule has 16 aromatic rings. The fourth-order valence-corrected chi connectivity index (χ4v) is 17.7. The second-order valence-electron chi connectivity index (χ2n) is 26.2. The van der Waals surface area contributed by atoms with Gasteiger partial charge in [0.2, 0.25) is 17.3 Å². The molecule has 10 heterocycles. The number of aromatic nitrogens is 13. The van der Waals surface area contributed by atoms with Crippen LogP contribution in [0.25, 0.3) is 55.3 Å². The molecule has 0 atom stereocenters. The number of aromatic amines is 4. The quantitative estimate of drug-likeness (QED) is 0.0349. The number of carbonyl (C=O) groups excluding carboxylic acids is 3. The first-order chi connectivity index (χ1) is 58.2. The zero-order chi connectivity index (χ0) is 88.4. The van der Waals surface area contributed by atoms with Gasteiger partial charge in [-0.15, -0.1) is 0 Å². The molecule has 0 radical (unpaired) electrons. The normalized spacial score (nSPS) is 11.7. The highest BCUT2D eigenvalue weighted by molar-refractivity contribution is 7.93. The molecule has 44 heteroatoms. The van der Waals surface area contributed by atoms with E-state index in [4.69, 9.17) is 92.8 Å². The first kappa shape index (κ1) is 88.7. The molecule has 0 aliphatic rings. The van der Waals surface area contributed by atoms with Gasteiger partial charge in [0.25, 0.3) is 40.1 Å². The zero-order valence-corrected chi connectivity index (χ0v) is 71.7. The number of alkyl halides is 3. The molecule has 8 N–H and O–H groups in total. The van der Waals surface area contributed by atoms with Crippen LogP contribution in [0.1, 0.15) is 70.5 Å². The Kier molecular flexibility index (Phi) is 26.1. The summed E-state index contributed by atoms with van der Waals surface area (Å²) in [7, 11) is -16.7. The molecular weight excluding hydrogens is 1850 g/mol. The average Bonchev–Trinajstić information content (AvgIpc) is 1.60. The van der Waals surface area contributed by atoms with E-state index in [1.807, 2.05) is 0 Å². The van der Waals surface area contributed by atoms with Crippen LogP contribution in [0, 0.1) is 20.8 Å². The Morgan fingerprint density at radius 1 is 0.382 bits per heavy atom. The summed E-state index contributed by atoms with van der Waals surface area (Å²) in [4.78, 5) is 99.0. The molecule has 0 aliphatic heterocycles. The smallest absolute Gasteiger partial charge is 0.360 e. The number of ketones is 3. The van der Waals surface area contributed by atoms with Crippen LogP contribution in [0.5, 0.6) is 0 Å². The fraction of sp³-hybridized carbons (Fsp3) is 0.0506. The highest BCUT2D eigenvalue weighted by atomic mass is 35.5. The number of pyridine rings is 4. The minimum absolute atomic E-state index is 0.00475. The summed E-state index contributed by atoms with van der Waals surface area (Å²) in [6, 6.07) is 34.7. The Bertz CT molecular complexity index is 7310. The monoisotopic (exact) mass is 1900 g/mol. The van der Waals surface area contributed by atoms with Gasteiger partial charge in [0, 0.05) is 80.5 Å². The number of hydrogen-bond donors (Lipinski definition) is 8. The molecule has 626 valence electrons. The lowest BCUT2D eigenvalue weighted by molar-refractivity contribution is -0.137. The van der Waals surface area contributed by atoms with E-state index >= 15 is 0 Å². The van der Waals surface area contributed by atoms with Crippen LogP contribution >= 0.6 is 92.8 Å². The van der Waals surface area contributed by atoms with Crippen LogP contribution in [-0.2, 0) is 46.3 Å². The Balaban J connectivity index is 0.000000141. The number of rotatable bonds is 19. The molecular formula is C79H52Cl8F3N17O12S4. The number of H-pyrrole nitrogens is 4. The third kappa shape index (κ3) is 20.0. The van der Waals surface area contributed by atoms with Gasteiger partial charge >= 0.3 is 11.9 Å². The largest absolute Gasteiger partial charge is 0.417 e. The molecule has 16 rings (SSSR count). The average molecular weight is 1900 g/mol. The van der Waals surface area contributed by atoms with E-state index in [1.165, 1.54) is 116 Å². The van der Waals surface area contributed by atoms with Gasteiger partial charge in [-0.2, -0.15) is 18.2 Å². The predicted molar refractivity (Wildman–Crippen MR) is 463 cm³/mol. The van der Waals surface area contributed by atoms with Crippen molar-refractivity contribution in [1.29, 1.82) is 0 Å². The van der Waals surface area contributed by atoms with Crippen molar-refractivity contribution < 1.29 is 61.2 Å². The van der Waals surface area contributed by atoms with E-state index in [1.54, 1.807) is 94.1 Å². The summed E-state index contributed by atoms with van der Waals surface area (Å²) < 4.78 is 152. The van der Waals surface area contributed by atoms with E-state index in [2.05, 4.69) is 83.7 Å². The van der Waals surface area contributed by atoms with Gasteiger partial charge in [-0.1, -0.05) is 111 Å². The number of benzene rings is 6. The Labute approximate surface area is 734 Å². The maximum absolute atomic E-state index is 13.2. The van der Waals surface area contributed by atoms with E-state index in [0.29, 0.717) is 77.2 Å². The molecule has 0 spiro atoms. The number of nitrogens with zero attached hydrogens (tertiary/aromatic N) is 9. The summed E-state index contributed by atoms with van der Waals surface area (Å²) in [5, 5.41) is 2.94. The molecule has 0 fully saturated rings. The van der Waals surface area contributed by atoms with E-state index in [-0.39, 0.29) is 107 Å². The van der Waals surface area contributed by atoms with Gasteiger partial charge in [0.15, 0.2) is 0 Å². The van der Waals surface area contributed by atoms with Crippen molar-refractivity contribution in [3.8, 4) is 11.4 Å². The van der Waals surface area contributed by atoms with Crippen LogP contribution in [0.15, 0.2) is 238 Å². The predicted octanol–water partition coefficient (Wildman–Crippen LogP) is 18.3. The van der Waals surface area contributed by atoms with Gasteiger partial charge < -0.3 is 19.9 Å². The van der Waals surface area contributed by atoms with Gasteiger partial charge in [0.1, 0.15) is 58.1 Å². The van der Waals surface area contributed by atoms with Gasteiger partial charge in [-0.05, 0) is 171 Å². The second kappa shape index (κ2) is 36.2. The molecule has 0 bridgehead atoms. The number of anilines is 4. The highest BCUT2D eigenvalue weighted by Crippen LogP contribution is 2.39. The summed E-state index contributed by atoms with van der Waals surface area (Å²) in [5.74, 6) is -1.66. The number of aryl methyl sites for hydroxylation is 3. The fourth-order valence-electron chi connectivity index (χ4n) is 11.9. The first-order valence-corrected chi connectivity index (χ1v) is 43.8. The summed E-state index contributed by atoms with van der Waals surface area (Å²) in [5.41, 5.74) is 2.67. The first-order valence-electron chi connectivity index (χ1n) is 34.9.